The molecule has 0 aromatic heterocycles. The van der Waals surface area contributed by atoms with Gasteiger partial charge < -0.3 is 0 Å². The number of halogens is 1. The lowest BCUT2D eigenvalue weighted by Gasteiger charge is -2.07. The fourth-order valence-corrected chi connectivity index (χ4v) is 2.48. The molecule has 0 bridgehead atoms. The monoisotopic (exact) mass is 324 g/mol. The van der Waals surface area contributed by atoms with Crippen molar-refractivity contribution in [3.63, 3.8) is 0 Å². The average molecular weight is 324 g/mol. The lowest BCUT2D eigenvalue weighted by Crippen LogP contribution is -3.41. The predicted molar refractivity (Wildman–Crippen MR) is 63.5 cm³/mol. The van der Waals surface area contributed by atoms with E-state index in [1.807, 2.05) is 0 Å². The Bertz CT molecular complexity index is 372. The maximum absolute atomic E-state index is 2.33. The Labute approximate surface area is 111 Å². The Morgan fingerprint density at radius 3 is 1.44 bits per heavy atom. The summed E-state index contributed by atoms with van der Waals surface area (Å²) < 4.78 is 2.33. The van der Waals surface area contributed by atoms with Crippen LogP contribution in [0.5, 0.6) is 0 Å². The first-order chi connectivity index (χ1) is 7.84. The van der Waals surface area contributed by atoms with Crippen molar-refractivity contribution in [2.45, 2.75) is 13.1 Å². The molecule has 0 N–H and O–H groups in total. The largest absolute Gasteiger partial charge is 0.371 e. The Kier molecular flexibility index (Phi) is 4.36. The third kappa shape index (κ3) is 3.61. The first kappa shape index (κ1) is 11.6. The number of hydrogen-bond acceptors (Lipinski definition) is 1. The predicted octanol–water partition coefficient (Wildman–Crippen LogP) is -0.111. The first-order valence-electron chi connectivity index (χ1n) is 5.34. The van der Waals surface area contributed by atoms with E-state index >= 15 is 0 Å². The van der Waals surface area contributed by atoms with Gasteiger partial charge in [-0.3, -0.25) is 0 Å². The summed E-state index contributed by atoms with van der Waals surface area (Å²) in [5.41, 5.74) is 2.73. The summed E-state index contributed by atoms with van der Waals surface area (Å²) in [7, 11) is 0. The smallest absolute Gasteiger partial charge is 0.0908 e. The van der Waals surface area contributed by atoms with Crippen LogP contribution in [0.25, 0.3) is 0 Å². The molecule has 0 unspecified atom stereocenters. The number of nitrogens with zero attached hydrogens (tertiary/aromatic N) is 1. The first-order valence-corrected chi connectivity index (χ1v) is 6.39. The van der Waals surface area contributed by atoms with Crippen LogP contribution in [0.3, 0.4) is 0 Å². The van der Waals surface area contributed by atoms with Crippen LogP contribution < -0.4 is 22.9 Å². The Morgan fingerprint density at radius 1 is 0.688 bits per heavy atom. The molecule has 0 radical (unpaired) electrons. The van der Waals surface area contributed by atoms with Crippen LogP contribution in [0.1, 0.15) is 11.1 Å². The third-order valence-electron chi connectivity index (χ3n) is 2.40. The highest BCUT2D eigenvalue weighted by molar-refractivity contribution is 5.16. The molecule has 0 saturated heterocycles. The SMILES string of the molecule is [IH+]N(Cc1ccccc1)Cc1ccccc1. The van der Waals surface area contributed by atoms with Gasteiger partial charge >= 0.3 is 22.9 Å². The highest BCUT2D eigenvalue weighted by Crippen LogP contribution is 2.04. The Hall–Kier alpha value is -0.870. The summed E-state index contributed by atoms with van der Waals surface area (Å²) in [4.78, 5) is 0. The van der Waals surface area contributed by atoms with E-state index in [0.717, 1.165) is 13.1 Å². The van der Waals surface area contributed by atoms with E-state index in [9.17, 15) is 0 Å². The van der Waals surface area contributed by atoms with Gasteiger partial charge in [-0.15, -0.1) is 0 Å². The second-order valence-corrected chi connectivity index (χ2v) is 5.24. The van der Waals surface area contributed by atoms with Gasteiger partial charge in [0.25, 0.3) is 0 Å². The van der Waals surface area contributed by atoms with E-state index in [0.29, 0.717) is 0 Å². The molecular weight excluding hydrogens is 309 g/mol. The molecule has 2 aromatic carbocycles. The lowest BCUT2D eigenvalue weighted by atomic mass is 10.2. The van der Waals surface area contributed by atoms with E-state index in [1.54, 1.807) is 0 Å². The molecule has 0 amide bonds. The zero-order chi connectivity index (χ0) is 11.2. The van der Waals surface area contributed by atoms with Crippen LogP contribution in [0.4, 0.5) is 0 Å². The van der Waals surface area contributed by atoms with E-state index in [4.69, 9.17) is 0 Å². The van der Waals surface area contributed by atoms with Gasteiger partial charge in [0.05, 0.1) is 13.1 Å². The molecule has 2 aromatic rings. The second-order valence-electron chi connectivity index (χ2n) is 3.77. The molecule has 0 heterocycles. The Balaban J connectivity index is 1.92. The van der Waals surface area contributed by atoms with Crippen molar-refractivity contribution in [2.75, 3.05) is 0 Å². The lowest BCUT2D eigenvalue weighted by molar-refractivity contribution is -0.584. The second kappa shape index (κ2) is 6.01. The van der Waals surface area contributed by atoms with Gasteiger partial charge in [0.1, 0.15) is 0 Å². The minimum Gasteiger partial charge on any atom is -0.0908 e. The van der Waals surface area contributed by atoms with Gasteiger partial charge in [0.2, 0.25) is 0 Å². The molecule has 0 atom stereocenters. The van der Waals surface area contributed by atoms with Crippen molar-refractivity contribution in [2.24, 2.45) is 0 Å². The highest BCUT2D eigenvalue weighted by Gasteiger charge is 2.09. The van der Waals surface area contributed by atoms with Crippen LogP contribution in [0, 0.1) is 0 Å². The molecule has 2 heteroatoms. The third-order valence-corrected chi connectivity index (χ3v) is 3.14. The van der Waals surface area contributed by atoms with Gasteiger partial charge in [-0.1, -0.05) is 63.8 Å². The van der Waals surface area contributed by atoms with Crippen LogP contribution in [-0.2, 0) is 13.1 Å². The van der Waals surface area contributed by atoms with Crippen LogP contribution >= 0.6 is 0 Å². The normalized spacial score (nSPS) is 10.6. The minimum absolute atomic E-state index is 1.00. The molecule has 1 nitrogen and oxygen atoms in total. The molecule has 2 rings (SSSR count). The molecule has 0 saturated carbocycles. The molecule has 0 aliphatic heterocycles. The van der Waals surface area contributed by atoms with Gasteiger partial charge in [0, 0.05) is 0 Å². The topological polar surface area (TPSA) is 3.24 Å². The van der Waals surface area contributed by atoms with Gasteiger partial charge in [-0.05, 0) is 11.1 Å². The van der Waals surface area contributed by atoms with Gasteiger partial charge in [-0.2, -0.15) is 0 Å². The fraction of sp³-hybridized carbons (Fsp3) is 0.143. The summed E-state index contributed by atoms with van der Waals surface area (Å²) in [6.45, 7) is 2.00. The zero-order valence-electron chi connectivity index (χ0n) is 9.04. The van der Waals surface area contributed by atoms with Crippen molar-refractivity contribution in [1.29, 1.82) is 0 Å². The van der Waals surface area contributed by atoms with Crippen molar-refractivity contribution in [3.8, 4) is 0 Å². The molecule has 16 heavy (non-hydrogen) atoms. The highest BCUT2D eigenvalue weighted by atomic mass is 127. The zero-order valence-corrected chi connectivity index (χ0v) is 11.4. The fourth-order valence-electron chi connectivity index (χ4n) is 1.63. The molecule has 82 valence electrons. The van der Waals surface area contributed by atoms with Crippen molar-refractivity contribution < 1.29 is 22.9 Å². The maximum Gasteiger partial charge on any atom is 0.371 e. The minimum atomic E-state index is 1.00. The van der Waals surface area contributed by atoms with E-state index < -0.39 is 0 Å². The molecular formula is C14H15IN+. The number of benzene rings is 2. The van der Waals surface area contributed by atoms with Crippen LogP contribution in [-0.4, -0.2) is 3.11 Å². The summed E-state index contributed by atoms with van der Waals surface area (Å²) >= 11 is 2.08. The van der Waals surface area contributed by atoms with Crippen LogP contribution in [0.15, 0.2) is 60.7 Å². The number of hydrogen-bond donors (Lipinski definition) is 0. The Morgan fingerprint density at radius 2 is 1.06 bits per heavy atom. The average Bonchev–Trinajstić information content (AvgIpc) is 2.31. The molecule has 0 aliphatic carbocycles. The van der Waals surface area contributed by atoms with Crippen molar-refractivity contribution >= 4 is 0 Å². The van der Waals surface area contributed by atoms with E-state index in [-0.39, 0.29) is 0 Å². The number of rotatable bonds is 4. The van der Waals surface area contributed by atoms with Gasteiger partial charge in [0.15, 0.2) is 0 Å². The molecule has 0 aliphatic rings. The summed E-state index contributed by atoms with van der Waals surface area (Å²) in [6, 6.07) is 21.2. The summed E-state index contributed by atoms with van der Waals surface area (Å²) in [5.74, 6) is 0. The van der Waals surface area contributed by atoms with Crippen molar-refractivity contribution in [3.05, 3.63) is 71.8 Å². The maximum atomic E-state index is 2.33. The van der Waals surface area contributed by atoms with Crippen molar-refractivity contribution in [1.82, 2.24) is 3.11 Å². The quantitative estimate of drug-likeness (QED) is 0.560. The standard InChI is InChI=1S/C14H15IN/c15-16(11-13-7-3-1-4-8-13)12-14-9-5-2-6-10-14/h1-10,15H,11-12H2/q+1. The molecule has 0 spiro atoms. The van der Waals surface area contributed by atoms with E-state index in [1.165, 1.54) is 11.1 Å². The molecule has 0 fully saturated rings. The van der Waals surface area contributed by atoms with Crippen LogP contribution in [0.2, 0.25) is 0 Å². The summed E-state index contributed by atoms with van der Waals surface area (Å²) in [5, 5.41) is 0. The summed E-state index contributed by atoms with van der Waals surface area (Å²) in [6.07, 6.45) is 0. The van der Waals surface area contributed by atoms with E-state index in [2.05, 4.69) is 86.6 Å². The van der Waals surface area contributed by atoms with Gasteiger partial charge in [-0.25, -0.2) is 0 Å².